The highest BCUT2D eigenvalue weighted by Gasteiger charge is 2.13. The molecule has 6 nitrogen and oxygen atoms in total. The Kier molecular flexibility index (Phi) is 6.00. The first-order valence-electron chi connectivity index (χ1n) is 4.11. The van der Waals surface area contributed by atoms with Gasteiger partial charge in [0.1, 0.15) is 24.4 Å². The third-order valence-electron chi connectivity index (χ3n) is 1.15. The van der Waals surface area contributed by atoms with Gasteiger partial charge < -0.3 is 9.31 Å². The number of hydrogen-bond acceptors (Lipinski definition) is 6. The third kappa shape index (κ3) is 8.67. The van der Waals surface area contributed by atoms with Gasteiger partial charge in [-0.1, -0.05) is 0 Å². The van der Waals surface area contributed by atoms with Gasteiger partial charge in [0.05, 0.1) is 0 Å². The summed E-state index contributed by atoms with van der Waals surface area (Å²) >= 11 is 0. The summed E-state index contributed by atoms with van der Waals surface area (Å²) in [5.41, 5.74) is 0. The van der Waals surface area contributed by atoms with Gasteiger partial charge in [0.25, 0.3) is 11.9 Å². The Bertz CT molecular complexity index is 257. The van der Waals surface area contributed by atoms with E-state index in [9.17, 15) is 19.2 Å². The Balaban J connectivity index is 3.61. The van der Waals surface area contributed by atoms with E-state index < -0.39 is 11.9 Å². The number of carbonyl (C=O) groups is 4. The maximum Gasteiger partial charge on any atom is 0.662 e. The van der Waals surface area contributed by atoms with Crippen LogP contribution in [-0.2, 0) is 28.5 Å². The molecule has 0 aliphatic rings. The average molecular weight is 213 g/mol. The number of hydrogen-bond donors (Lipinski definition) is 0. The summed E-state index contributed by atoms with van der Waals surface area (Å²) in [6.45, 7) is 2.45. The maximum atomic E-state index is 10.7. The molecule has 0 saturated heterocycles. The predicted molar refractivity (Wildman–Crippen MR) is 48.5 cm³/mol. The van der Waals surface area contributed by atoms with Crippen molar-refractivity contribution in [3.8, 4) is 0 Å². The van der Waals surface area contributed by atoms with E-state index in [0.29, 0.717) is 7.69 Å². The first-order chi connectivity index (χ1) is 6.91. The largest absolute Gasteiger partial charge is 0.662 e. The van der Waals surface area contributed by atoms with E-state index in [1.54, 1.807) is 0 Å². The Hall–Kier alpha value is -1.66. The van der Waals surface area contributed by atoms with Crippen molar-refractivity contribution in [3.05, 3.63) is 0 Å². The molecule has 0 amide bonds. The molecule has 1 radical (unpaired) electrons. The molecular formula is C8H10BO6. The molecule has 0 aliphatic heterocycles. The van der Waals surface area contributed by atoms with Crippen LogP contribution in [0.4, 0.5) is 0 Å². The van der Waals surface area contributed by atoms with Crippen molar-refractivity contribution in [1.82, 2.24) is 0 Å². The van der Waals surface area contributed by atoms with E-state index in [4.69, 9.17) is 0 Å². The third-order valence-corrected chi connectivity index (χ3v) is 1.15. The smallest absolute Gasteiger partial charge is 0.499 e. The summed E-state index contributed by atoms with van der Waals surface area (Å²) in [5, 5.41) is 0. The Morgan fingerprint density at radius 1 is 0.867 bits per heavy atom. The quantitative estimate of drug-likeness (QED) is 0.439. The van der Waals surface area contributed by atoms with Crippen LogP contribution in [0.2, 0.25) is 0 Å². The van der Waals surface area contributed by atoms with Crippen molar-refractivity contribution in [2.75, 3.05) is 0 Å². The fraction of sp³-hybridized carbons (Fsp3) is 0.500. The standard InChI is InChI=1S/C8H10BO6/c1-5(10)3-7(12)14-9-15-8(13)4-6(2)11/h3-4H2,1-2H3. The van der Waals surface area contributed by atoms with E-state index >= 15 is 0 Å². The SMILES string of the molecule is CC(=O)CC(=O)O[B]OC(=O)CC(C)=O. The van der Waals surface area contributed by atoms with Crippen molar-refractivity contribution in [2.24, 2.45) is 0 Å². The predicted octanol–water partition coefficient (Wildman–Crippen LogP) is -0.435. The van der Waals surface area contributed by atoms with Crippen LogP contribution in [0.3, 0.4) is 0 Å². The summed E-state index contributed by atoms with van der Waals surface area (Å²) < 4.78 is 8.53. The molecule has 0 spiro atoms. The van der Waals surface area contributed by atoms with E-state index in [-0.39, 0.29) is 24.4 Å². The number of Topliss-reactive ketones (excluding diaryl/α,β-unsaturated/α-hetero) is 2. The zero-order valence-corrected chi connectivity index (χ0v) is 8.44. The van der Waals surface area contributed by atoms with E-state index in [1.807, 2.05) is 0 Å². The molecule has 0 N–H and O–H groups in total. The molecule has 0 bridgehead atoms. The van der Waals surface area contributed by atoms with Crippen LogP contribution >= 0.6 is 0 Å². The molecule has 0 fully saturated rings. The first kappa shape index (κ1) is 13.3. The molecule has 81 valence electrons. The van der Waals surface area contributed by atoms with Gasteiger partial charge in [-0.2, -0.15) is 0 Å². The molecule has 0 aromatic heterocycles. The molecule has 0 aromatic carbocycles. The average Bonchev–Trinajstić information content (AvgIpc) is 2.00. The normalized spacial score (nSPS) is 8.93. The van der Waals surface area contributed by atoms with E-state index in [0.717, 1.165) is 0 Å². The van der Waals surface area contributed by atoms with Crippen molar-refractivity contribution in [1.29, 1.82) is 0 Å². The minimum Gasteiger partial charge on any atom is -0.499 e. The maximum absolute atomic E-state index is 10.7. The van der Waals surface area contributed by atoms with Crippen LogP contribution in [0.25, 0.3) is 0 Å². The Morgan fingerprint density at radius 2 is 1.20 bits per heavy atom. The summed E-state index contributed by atoms with van der Waals surface area (Å²) in [6.07, 6.45) is -0.776. The highest BCUT2D eigenvalue weighted by Crippen LogP contribution is 1.90. The minimum absolute atomic E-state index is 0.358. The lowest BCUT2D eigenvalue weighted by molar-refractivity contribution is -0.141. The van der Waals surface area contributed by atoms with Gasteiger partial charge in [-0.15, -0.1) is 0 Å². The van der Waals surface area contributed by atoms with Crippen LogP contribution in [0, 0.1) is 0 Å². The van der Waals surface area contributed by atoms with Crippen LogP contribution in [0.15, 0.2) is 0 Å². The highest BCUT2D eigenvalue weighted by molar-refractivity contribution is 6.27. The lowest BCUT2D eigenvalue weighted by Gasteiger charge is -2.01. The molecular weight excluding hydrogens is 203 g/mol. The molecule has 15 heavy (non-hydrogen) atoms. The van der Waals surface area contributed by atoms with Gasteiger partial charge in [-0.25, -0.2) is 0 Å². The fourth-order valence-electron chi connectivity index (χ4n) is 0.621. The second-order valence-electron chi connectivity index (χ2n) is 2.83. The van der Waals surface area contributed by atoms with Crippen LogP contribution < -0.4 is 0 Å². The Morgan fingerprint density at radius 3 is 1.47 bits per heavy atom. The molecule has 0 aromatic rings. The van der Waals surface area contributed by atoms with Gasteiger partial charge in [0, 0.05) is 0 Å². The molecule has 0 saturated carbocycles. The zero-order chi connectivity index (χ0) is 11.8. The van der Waals surface area contributed by atoms with Crippen LogP contribution in [-0.4, -0.2) is 31.2 Å². The molecule has 0 heterocycles. The van der Waals surface area contributed by atoms with Crippen molar-refractivity contribution in [3.63, 3.8) is 0 Å². The summed E-state index contributed by atoms with van der Waals surface area (Å²) in [5.74, 6) is -2.36. The monoisotopic (exact) mass is 213 g/mol. The molecule has 0 atom stereocenters. The van der Waals surface area contributed by atoms with Gasteiger partial charge in [0.2, 0.25) is 0 Å². The summed E-state index contributed by atoms with van der Waals surface area (Å²) in [4.78, 5) is 42.3. The molecule has 0 aliphatic carbocycles. The second kappa shape index (κ2) is 6.75. The molecule has 7 heteroatoms. The topological polar surface area (TPSA) is 86.7 Å². The zero-order valence-electron chi connectivity index (χ0n) is 8.44. The second-order valence-corrected chi connectivity index (χ2v) is 2.83. The van der Waals surface area contributed by atoms with Crippen molar-refractivity contribution in [2.45, 2.75) is 26.7 Å². The number of rotatable bonds is 6. The first-order valence-corrected chi connectivity index (χ1v) is 4.11. The Labute approximate surface area is 87.2 Å². The molecule has 0 rings (SSSR count). The highest BCUT2D eigenvalue weighted by atomic mass is 16.6. The summed E-state index contributed by atoms with van der Waals surface area (Å²) in [7, 11) is 0.510. The van der Waals surface area contributed by atoms with Gasteiger partial charge >= 0.3 is 7.69 Å². The summed E-state index contributed by atoms with van der Waals surface area (Å²) in [6, 6.07) is 0. The number of carbonyl (C=O) groups excluding carboxylic acids is 4. The minimum atomic E-state index is -0.821. The molecule has 0 unspecified atom stereocenters. The number of ketones is 2. The lowest BCUT2D eigenvalue weighted by Crippen LogP contribution is -2.18. The van der Waals surface area contributed by atoms with E-state index in [1.165, 1.54) is 13.8 Å². The van der Waals surface area contributed by atoms with E-state index in [2.05, 4.69) is 9.31 Å². The van der Waals surface area contributed by atoms with Crippen molar-refractivity contribution < 1.29 is 28.5 Å². The van der Waals surface area contributed by atoms with Crippen molar-refractivity contribution >= 4 is 31.2 Å². The van der Waals surface area contributed by atoms with Crippen LogP contribution in [0.1, 0.15) is 26.7 Å². The van der Waals surface area contributed by atoms with Gasteiger partial charge in [-0.3, -0.25) is 19.2 Å². The van der Waals surface area contributed by atoms with Crippen LogP contribution in [0.5, 0.6) is 0 Å². The fourth-order valence-corrected chi connectivity index (χ4v) is 0.621. The lowest BCUT2D eigenvalue weighted by atomic mass is 10.3. The van der Waals surface area contributed by atoms with Gasteiger partial charge in [-0.05, 0) is 13.8 Å². The van der Waals surface area contributed by atoms with Gasteiger partial charge in [0.15, 0.2) is 0 Å².